The number of anilines is 1. The van der Waals surface area contributed by atoms with Gasteiger partial charge in [0.25, 0.3) is 0 Å². The average molecular weight is 372 g/mol. The van der Waals surface area contributed by atoms with Gasteiger partial charge in [-0.15, -0.1) is 11.3 Å². The first kappa shape index (κ1) is 19.9. The highest BCUT2D eigenvalue weighted by molar-refractivity contribution is 7.16. The Bertz CT molecular complexity index is 817. The van der Waals surface area contributed by atoms with E-state index < -0.39 is 5.97 Å². The van der Waals surface area contributed by atoms with E-state index in [0.717, 1.165) is 16.0 Å². The van der Waals surface area contributed by atoms with E-state index in [1.54, 1.807) is 6.08 Å². The Labute approximate surface area is 158 Å². The molecule has 0 saturated heterocycles. The van der Waals surface area contributed by atoms with Crippen molar-refractivity contribution in [2.45, 2.75) is 40.0 Å². The van der Waals surface area contributed by atoms with Crippen molar-refractivity contribution < 1.29 is 14.3 Å². The van der Waals surface area contributed by atoms with Gasteiger partial charge in [0.2, 0.25) is 5.91 Å². The fourth-order valence-corrected chi connectivity index (χ4v) is 3.86. The largest absolute Gasteiger partial charge is 0.465 e. The SMILES string of the molecule is CCc1c(C)sc(NC(=O)/C=C/c2ccc(C(C)C)cc2)c1C(=O)OC. The van der Waals surface area contributed by atoms with E-state index in [0.29, 0.717) is 22.9 Å². The molecule has 0 fully saturated rings. The second kappa shape index (κ2) is 8.81. The summed E-state index contributed by atoms with van der Waals surface area (Å²) < 4.78 is 4.87. The molecule has 0 bridgehead atoms. The molecular formula is C21H25NO3S. The van der Waals surface area contributed by atoms with Crippen LogP contribution < -0.4 is 5.32 Å². The zero-order valence-electron chi connectivity index (χ0n) is 15.9. The van der Waals surface area contributed by atoms with Gasteiger partial charge in [0.05, 0.1) is 12.7 Å². The van der Waals surface area contributed by atoms with E-state index in [-0.39, 0.29) is 5.91 Å². The molecule has 0 aliphatic carbocycles. The van der Waals surface area contributed by atoms with Gasteiger partial charge >= 0.3 is 5.97 Å². The maximum atomic E-state index is 12.3. The van der Waals surface area contributed by atoms with Crippen LogP contribution in [-0.2, 0) is 16.0 Å². The van der Waals surface area contributed by atoms with Gasteiger partial charge in [-0.3, -0.25) is 4.79 Å². The molecule has 0 spiro atoms. The van der Waals surface area contributed by atoms with Gasteiger partial charge in [-0.25, -0.2) is 4.79 Å². The smallest absolute Gasteiger partial charge is 0.341 e. The summed E-state index contributed by atoms with van der Waals surface area (Å²) in [5, 5.41) is 3.35. The third kappa shape index (κ3) is 4.61. The van der Waals surface area contributed by atoms with Gasteiger partial charge in [0.1, 0.15) is 5.00 Å². The second-order valence-corrected chi connectivity index (χ2v) is 7.55. The molecule has 1 aromatic heterocycles. The highest BCUT2D eigenvalue weighted by atomic mass is 32.1. The van der Waals surface area contributed by atoms with Crippen molar-refractivity contribution in [3.63, 3.8) is 0 Å². The number of carbonyl (C=O) groups is 2. The monoisotopic (exact) mass is 371 g/mol. The van der Waals surface area contributed by atoms with Gasteiger partial charge in [-0.1, -0.05) is 45.0 Å². The lowest BCUT2D eigenvalue weighted by Gasteiger charge is -2.06. The molecule has 2 aromatic rings. The Kier molecular flexibility index (Phi) is 6.75. The van der Waals surface area contributed by atoms with Gasteiger partial charge in [-0.2, -0.15) is 0 Å². The molecule has 26 heavy (non-hydrogen) atoms. The maximum absolute atomic E-state index is 12.3. The molecule has 1 amide bonds. The first-order valence-electron chi connectivity index (χ1n) is 8.66. The summed E-state index contributed by atoms with van der Waals surface area (Å²) >= 11 is 1.40. The zero-order chi connectivity index (χ0) is 19.3. The van der Waals surface area contributed by atoms with Crippen molar-refractivity contribution in [1.29, 1.82) is 0 Å². The Morgan fingerprint density at radius 1 is 1.23 bits per heavy atom. The molecule has 0 atom stereocenters. The number of nitrogens with one attached hydrogen (secondary N) is 1. The number of thiophene rings is 1. The van der Waals surface area contributed by atoms with Gasteiger partial charge in [0, 0.05) is 11.0 Å². The number of hydrogen-bond donors (Lipinski definition) is 1. The van der Waals surface area contributed by atoms with Crippen molar-refractivity contribution >= 4 is 34.3 Å². The highest BCUT2D eigenvalue weighted by Crippen LogP contribution is 2.34. The summed E-state index contributed by atoms with van der Waals surface area (Å²) in [6.07, 6.45) is 3.95. The summed E-state index contributed by atoms with van der Waals surface area (Å²) in [6, 6.07) is 8.11. The van der Waals surface area contributed by atoms with E-state index in [1.807, 2.05) is 26.0 Å². The van der Waals surface area contributed by atoms with Crippen LogP contribution in [0, 0.1) is 6.92 Å². The number of ether oxygens (including phenoxy) is 1. The lowest BCUT2D eigenvalue weighted by atomic mass is 10.0. The normalized spacial score (nSPS) is 11.2. The van der Waals surface area contributed by atoms with E-state index >= 15 is 0 Å². The molecule has 0 aliphatic rings. The summed E-state index contributed by atoms with van der Waals surface area (Å²) in [7, 11) is 1.35. The van der Waals surface area contributed by atoms with Gasteiger partial charge in [0.15, 0.2) is 0 Å². The van der Waals surface area contributed by atoms with Crippen molar-refractivity contribution in [3.05, 3.63) is 57.5 Å². The number of aryl methyl sites for hydroxylation is 1. The number of amides is 1. The fraction of sp³-hybridized carbons (Fsp3) is 0.333. The van der Waals surface area contributed by atoms with E-state index in [1.165, 1.54) is 30.1 Å². The van der Waals surface area contributed by atoms with Crippen LogP contribution in [0.25, 0.3) is 6.08 Å². The number of rotatable bonds is 6. The predicted molar refractivity (Wildman–Crippen MR) is 108 cm³/mol. The third-order valence-corrected chi connectivity index (χ3v) is 5.28. The number of benzene rings is 1. The van der Waals surface area contributed by atoms with Gasteiger partial charge in [-0.05, 0) is 42.0 Å². The molecule has 1 aromatic carbocycles. The zero-order valence-corrected chi connectivity index (χ0v) is 16.7. The van der Waals surface area contributed by atoms with Crippen LogP contribution in [0.5, 0.6) is 0 Å². The van der Waals surface area contributed by atoms with Gasteiger partial charge < -0.3 is 10.1 Å². The quantitative estimate of drug-likeness (QED) is 0.562. The Morgan fingerprint density at radius 2 is 1.88 bits per heavy atom. The average Bonchev–Trinajstić information content (AvgIpc) is 2.94. The molecule has 0 aliphatic heterocycles. The van der Waals surface area contributed by atoms with E-state index in [2.05, 4.69) is 31.3 Å². The van der Waals surface area contributed by atoms with Crippen molar-refractivity contribution in [2.75, 3.05) is 12.4 Å². The molecule has 1 N–H and O–H groups in total. The van der Waals surface area contributed by atoms with Crippen LogP contribution in [0.1, 0.15) is 58.6 Å². The molecule has 0 unspecified atom stereocenters. The molecule has 138 valence electrons. The van der Waals surface area contributed by atoms with Crippen LogP contribution in [-0.4, -0.2) is 19.0 Å². The molecular weight excluding hydrogens is 346 g/mol. The first-order valence-corrected chi connectivity index (χ1v) is 9.48. The predicted octanol–water partition coefficient (Wildman–Crippen LogP) is 5.18. The number of carbonyl (C=O) groups excluding carboxylic acids is 2. The lowest BCUT2D eigenvalue weighted by molar-refractivity contribution is -0.111. The Balaban J connectivity index is 2.16. The second-order valence-electron chi connectivity index (χ2n) is 6.33. The fourth-order valence-electron chi connectivity index (χ4n) is 2.73. The van der Waals surface area contributed by atoms with Crippen LogP contribution in [0.3, 0.4) is 0 Å². The lowest BCUT2D eigenvalue weighted by Crippen LogP contribution is -2.12. The minimum Gasteiger partial charge on any atom is -0.465 e. The minimum absolute atomic E-state index is 0.271. The minimum atomic E-state index is -0.422. The number of methoxy groups -OCH3 is 1. The topological polar surface area (TPSA) is 55.4 Å². The summed E-state index contributed by atoms with van der Waals surface area (Å²) in [4.78, 5) is 25.4. The molecule has 0 saturated carbocycles. The van der Waals surface area contributed by atoms with Crippen LogP contribution in [0.2, 0.25) is 0 Å². The third-order valence-electron chi connectivity index (χ3n) is 4.22. The van der Waals surface area contributed by atoms with Crippen molar-refractivity contribution in [2.24, 2.45) is 0 Å². The van der Waals surface area contributed by atoms with E-state index in [9.17, 15) is 9.59 Å². The summed E-state index contributed by atoms with van der Waals surface area (Å²) in [6.45, 7) is 8.21. The summed E-state index contributed by atoms with van der Waals surface area (Å²) in [5.41, 5.74) is 3.59. The molecule has 4 nitrogen and oxygen atoms in total. The number of esters is 1. The standard InChI is InChI=1S/C21H25NO3S/c1-6-17-14(4)26-20(19(17)21(24)25-5)22-18(23)12-9-15-7-10-16(11-8-15)13(2)3/h7-13H,6H2,1-5H3,(H,22,23)/b12-9+. The Morgan fingerprint density at radius 3 is 2.42 bits per heavy atom. The first-order chi connectivity index (χ1) is 12.4. The van der Waals surface area contributed by atoms with Crippen LogP contribution in [0.4, 0.5) is 5.00 Å². The summed E-state index contributed by atoms with van der Waals surface area (Å²) in [5.74, 6) is -0.218. The van der Waals surface area contributed by atoms with Crippen molar-refractivity contribution in [3.8, 4) is 0 Å². The molecule has 2 rings (SSSR count). The van der Waals surface area contributed by atoms with Crippen LogP contribution in [0.15, 0.2) is 30.3 Å². The van der Waals surface area contributed by atoms with Crippen molar-refractivity contribution in [1.82, 2.24) is 0 Å². The molecule has 0 radical (unpaired) electrons. The van der Waals surface area contributed by atoms with E-state index in [4.69, 9.17) is 4.74 Å². The molecule has 5 heteroatoms. The van der Waals surface area contributed by atoms with Crippen LogP contribution >= 0.6 is 11.3 Å². The Hall–Kier alpha value is -2.40. The molecule has 1 heterocycles. The highest BCUT2D eigenvalue weighted by Gasteiger charge is 2.22. The maximum Gasteiger partial charge on any atom is 0.341 e. The number of hydrogen-bond acceptors (Lipinski definition) is 4.